The van der Waals surface area contributed by atoms with Gasteiger partial charge in [0.05, 0.1) is 13.2 Å². The zero-order valence-corrected chi connectivity index (χ0v) is 17.5. The summed E-state index contributed by atoms with van der Waals surface area (Å²) in [6, 6.07) is 6.60. The SMILES string of the molecule is COC(=O)c1c(F)cccc1-c1ccc([C@@H](C)NC(=O)C2(NC(=O)C(F)(F)F)CC2)c(F)c1. The summed E-state index contributed by atoms with van der Waals surface area (Å²) in [5.74, 6) is -5.68. The molecule has 0 aliphatic heterocycles. The van der Waals surface area contributed by atoms with Crippen molar-refractivity contribution in [1.29, 1.82) is 0 Å². The molecule has 1 aliphatic carbocycles. The first-order valence-corrected chi connectivity index (χ1v) is 9.76. The molecule has 0 saturated heterocycles. The Morgan fingerprint density at radius 2 is 1.73 bits per heavy atom. The van der Waals surface area contributed by atoms with Crippen LogP contribution >= 0.6 is 0 Å². The Labute approximate surface area is 185 Å². The van der Waals surface area contributed by atoms with Crippen LogP contribution in [0, 0.1) is 11.6 Å². The number of ether oxygens (including phenoxy) is 1. The van der Waals surface area contributed by atoms with Gasteiger partial charge in [-0.05, 0) is 43.0 Å². The molecule has 0 bridgehead atoms. The van der Waals surface area contributed by atoms with Crippen molar-refractivity contribution in [2.75, 3.05) is 7.11 Å². The molecule has 2 aromatic rings. The summed E-state index contributed by atoms with van der Waals surface area (Å²) in [5.41, 5.74) is -1.79. The summed E-state index contributed by atoms with van der Waals surface area (Å²) in [7, 11) is 1.08. The first-order valence-electron chi connectivity index (χ1n) is 9.76. The highest BCUT2D eigenvalue weighted by atomic mass is 19.4. The second-order valence-corrected chi connectivity index (χ2v) is 7.62. The number of hydrogen-bond acceptors (Lipinski definition) is 4. The third kappa shape index (κ3) is 4.96. The Morgan fingerprint density at radius 3 is 2.27 bits per heavy atom. The van der Waals surface area contributed by atoms with E-state index in [0.717, 1.165) is 19.2 Å². The number of benzene rings is 2. The van der Waals surface area contributed by atoms with E-state index in [4.69, 9.17) is 0 Å². The molecule has 0 radical (unpaired) electrons. The molecule has 1 aliphatic rings. The lowest BCUT2D eigenvalue weighted by Gasteiger charge is -2.22. The minimum atomic E-state index is -5.14. The van der Waals surface area contributed by atoms with E-state index >= 15 is 0 Å². The van der Waals surface area contributed by atoms with Crippen LogP contribution in [0.15, 0.2) is 36.4 Å². The fourth-order valence-corrected chi connectivity index (χ4v) is 3.35. The number of esters is 1. The summed E-state index contributed by atoms with van der Waals surface area (Å²) in [6.45, 7) is 1.42. The van der Waals surface area contributed by atoms with Crippen molar-refractivity contribution < 1.29 is 41.1 Å². The molecule has 1 saturated carbocycles. The third-order valence-electron chi connectivity index (χ3n) is 5.32. The van der Waals surface area contributed by atoms with E-state index in [1.165, 1.54) is 31.2 Å². The number of carbonyl (C=O) groups excluding carboxylic acids is 3. The first-order chi connectivity index (χ1) is 15.4. The number of alkyl halides is 3. The first kappa shape index (κ1) is 24.1. The van der Waals surface area contributed by atoms with Crippen LogP contribution in [0.25, 0.3) is 11.1 Å². The van der Waals surface area contributed by atoms with E-state index in [-0.39, 0.29) is 35.1 Å². The van der Waals surface area contributed by atoms with Gasteiger partial charge in [0.1, 0.15) is 22.7 Å². The second-order valence-electron chi connectivity index (χ2n) is 7.62. The number of halogens is 5. The molecular weight excluding hydrogens is 451 g/mol. The number of methoxy groups -OCH3 is 1. The van der Waals surface area contributed by atoms with Crippen LogP contribution in [0.5, 0.6) is 0 Å². The molecule has 0 spiro atoms. The Hall–Kier alpha value is -3.50. The largest absolute Gasteiger partial charge is 0.471 e. The molecule has 11 heteroatoms. The summed E-state index contributed by atoms with van der Waals surface area (Å²) in [6.07, 6.45) is -5.10. The maximum atomic E-state index is 14.9. The molecular formula is C22H19F5N2O4. The lowest BCUT2D eigenvalue weighted by Crippen LogP contribution is -2.53. The summed E-state index contributed by atoms with van der Waals surface area (Å²) >= 11 is 0. The van der Waals surface area contributed by atoms with Gasteiger partial charge in [0.25, 0.3) is 0 Å². The Bertz CT molecular complexity index is 1110. The van der Waals surface area contributed by atoms with Crippen molar-refractivity contribution >= 4 is 17.8 Å². The van der Waals surface area contributed by atoms with Crippen molar-refractivity contribution in [2.24, 2.45) is 0 Å². The van der Waals surface area contributed by atoms with E-state index in [1.807, 2.05) is 0 Å². The van der Waals surface area contributed by atoms with Crippen molar-refractivity contribution in [1.82, 2.24) is 10.6 Å². The lowest BCUT2D eigenvalue weighted by atomic mass is 9.96. The summed E-state index contributed by atoms with van der Waals surface area (Å²) in [5, 5.41) is 4.10. The van der Waals surface area contributed by atoms with Crippen molar-refractivity contribution in [2.45, 2.75) is 37.5 Å². The fraction of sp³-hybridized carbons (Fsp3) is 0.318. The molecule has 1 atom stereocenters. The van der Waals surface area contributed by atoms with Crippen LogP contribution in [0.2, 0.25) is 0 Å². The number of carbonyl (C=O) groups is 3. The molecule has 176 valence electrons. The lowest BCUT2D eigenvalue weighted by molar-refractivity contribution is -0.175. The minimum absolute atomic E-state index is 0.000990. The average Bonchev–Trinajstić information content (AvgIpc) is 3.52. The minimum Gasteiger partial charge on any atom is -0.465 e. The van der Waals surface area contributed by atoms with Gasteiger partial charge in [-0.25, -0.2) is 13.6 Å². The van der Waals surface area contributed by atoms with Gasteiger partial charge in [0.2, 0.25) is 5.91 Å². The van der Waals surface area contributed by atoms with E-state index in [9.17, 15) is 36.3 Å². The number of amides is 2. The van der Waals surface area contributed by atoms with Gasteiger partial charge in [-0.2, -0.15) is 13.2 Å². The topological polar surface area (TPSA) is 84.5 Å². The molecule has 0 aromatic heterocycles. The molecule has 33 heavy (non-hydrogen) atoms. The van der Waals surface area contributed by atoms with Crippen LogP contribution < -0.4 is 10.6 Å². The second kappa shape index (κ2) is 8.80. The molecule has 2 amide bonds. The zero-order valence-electron chi connectivity index (χ0n) is 17.5. The van der Waals surface area contributed by atoms with E-state index in [2.05, 4.69) is 10.1 Å². The van der Waals surface area contributed by atoms with Gasteiger partial charge in [0, 0.05) is 5.56 Å². The van der Waals surface area contributed by atoms with Crippen LogP contribution in [-0.2, 0) is 14.3 Å². The highest BCUT2D eigenvalue weighted by Gasteiger charge is 2.55. The Morgan fingerprint density at radius 1 is 1.06 bits per heavy atom. The van der Waals surface area contributed by atoms with Crippen LogP contribution in [-0.4, -0.2) is 36.6 Å². The molecule has 1 fully saturated rings. The molecule has 0 heterocycles. The highest BCUT2D eigenvalue weighted by molar-refractivity contribution is 5.98. The molecule has 6 nitrogen and oxygen atoms in total. The van der Waals surface area contributed by atoms with Gasteiger partial charge in [-0.15, -0.1) is 0 Å². The Balaban J connectivity index is 1.80. The number of hydrogen-bond donors (Lipinski definition) is 2. The average molecular weight is 470 g/mol. The quantitative estimate of drug-likeness (QED) is 0.497. The van der Waals surface area contributed by atoms with E-state index in [1.54, 1.807) is 5.32 Å². The van der Waals surface area contributed by atoms with Crippen LogP contribution in [0.3, 0.4) is 0 Å². The van der Waals surface area contributed by atoms with Gasteiger partial charge in [0.15, 0.2) is 0 Å². The van der Waals surface area contributed by atoms with Gasteiger partial charge < -0.3 is 15.4 Å². The summed E-state index contributed by atoms with van der Waals surface area (Å²) in [4.78, 5) is 35.6. The van der Waals surface area contributed by atoms with Crippen molar-refractivity contribution in [3.05, 3.63) is 59.2 Å². The molecule has 2 N–H and O–H groups in total. The highest BCUT2D eigenvalue weighted by Crippen LogP contribution is 2.37. The standard InChI is InChI=1S/C22H19F5N2O4/c1-11(28-19(31)21(8-9-21)29-20(32)22(25,26)27)13-7-6-12(10-16(13)24)14-4-3-5-15(23)17(14)18(30)33-2/h3-7,10-11H,8-9H2,1-2H3,(H,28,31)(H,29,32)/t11-/m1/s1. The maximum absolute atomic E-state index is 14.9. The van der Waals surface area contributed by atoms with E-state index < -0.39 is 47.2 Å². The van der Waals surface area contributed by atoms with Gasteiger partial charge >= 0.3 is 18.1 Å². The van der Waals surface area contributed by atoms with Crippen molar-refractivity contribution in [3.8, 4) is 11.1 Å². The summed E-state index contributed by atoms with van der Waals surface area (Å²) < 4.78 is 71.1. The smallest absolute Gasteiger partial charge is 0.465 e. The number of rotatable bonds is 6. The predicted molar refractivity (Wildman–Crippen MR) is 106 cm³/mol. The Kier molecular flexibility index (Phi) is 6.44. The van der Waals surface area contributed by atoms with Crippen molar-refractivity contribution in [3.63, 3.8) is 0 Å². The van der Waals surface area contributed by atoms with Gasteiger partial charge in [-0.3, -0.25) is 9.59 Å². The molecule has 0 unspecified atom stereocenters. The van der Waals surface area contributed by atoms with E-state index in [0.29, 0.717) is 0 Å². The number of nitrogens with one attached hydrogen (secondary N) is 2. The molecule has 3 rings (SSSR count). The molecule has 2 aromatic carbocycles. The normalized spacial score (nSPS) is 15.4. The fourth-order valence-electron chi connectivity index (χ4n) is 3.35. The monoisotopic (exact) mass is 470 g/mol. The van der Waals surface area contributed by atoms with Crippen LogP contribution in [0.1, 0.15) is 41.7 Å². The van der Waals surface area contributed by atoms with Gasteiger partial charge in [-0.1, -0.05) is 24.3 Å². The predicted octanol–water partition coefficient (Wildman–Crippen LogP) is 3.81. The third-order valence-corrected chi connectivity index (χ3v) is 5.32. The maximum Gasteiger partial charge on any atom is 0.471 e. The van der Waals surface area contributed by atoms with Crippen LogP contribution in [0.4, 0.5) is 22.0 Å². The zero-order chi connectivity index (χ0) is 24.6.